The highest BCUT2D eigenvalue weighted by Crippen LogP contribution is 2.28. The number of hydrogen-bond donors (Lipinski definition) is 1. The Bertz CT molecular complexity index is 875. The van der Waals surface area contributed by atoms with E-state index in [-0.39, 0.29) is 11.3 Å². The Labute approximate surface area is 151 Å². The molecule has 4 heteroatoms. The first-order valence-electron chi connectivity index (χ1n) is 7.89. The number of thiophene rings is 1. The molecule has 1 N–H and O–H groups in total. The van der Waals surface area contributed by atoms with Gasteiger partial charge in [-0.1, -0.05) is 44.5 Å². The molecule has 0 fully saturated rings. The van der Waals surface area contributed by atoms with Crippen molar-refractivity contribution in [1.82, 2.24) is 5.32 Å². The van der Waals surface area contributed by atoms with Crippen LogP contribution in [0, 0.1) is 0 Å². The molecule has 0 aliphatic heterocycles. The minimum atomic E-state index is -0.0585. The van der Waals surface area contributed by atoms with Crippen molar-refractivity contribution >= 4 is 38.9 Å². The quantitative estimate of drug-likeness (QED) is 0.632. The Hall–Kier alpha value is -1.84. The average Bonchev–Trinajstić information content (AvgIpc) is 2.94. The third kappa shape index (κ3) is 3.63. The number of hydrogen-bond acceptors (Lipinski definition) is 2. The van der Waals surface area contributed by atoms with Gasteiger partial charge in [0.2, 0.25) is 0 Å². The van der Waals surface area contributed by atoms with Crippen LogP contribution in [0.25, 0.3) is 10.1 Å². The van der Waals surface area contributed by atoms with Crippen molar-refractivity contribution in [2.75, 3.05) is 0 Å². The van der Waals surface area contributed by atoms with Crippen LogP contribution >= 0.6 is 22.9 Å². The second-order valence-corrected chi connectivity index (χ2v) is 8.26. The summed E-state index contributed by atoms with van der Waals surface area (Å²) in [5, 5.41) is 6.89. The number of nitrogens with one attached hydrogen (secondary N) is 1. The van der Waals surface area contributed by atoms with Crippen LogP contribution in [0.4, 0.5) is 0 Å². The molecule has 24 heavy (non-hydrogen) atoms. The largest absolute Gasteiger partial charge is 0.348 e. The van der Waals surface area contributed by atoms with Gasteiger partial charge in [0.1, 0.15) is 0 Å². The number of fused-ring (bicyclic) bond motifs is 1. The molecular weight excluding hydrogens is 338 g/mol. The zero-order valence-electron chi connectivity index (χ0n) is 14.0. The molecule has 3 aromatic rings. The van der Waals surface area contributed by atoms with Gasteiger partial charge in [-0.2, -0.15) is 0 Å². The first-order valence-corrected chi connectivity index (χ1v) is 9.15. The number of carbonyl (C=O) groups excluding carboxylic acids is 1. The Morgan fingerprint density at radius 1 is 1.12 bits per heavy atom. The predicted octanol–water partition coefficient (Wildman–Crippen LogP) is 5.78. The highest BCUT2D eigenvalue weighted by molar-refractivity contribution is 7.17. The Kier molecular flexibility index (Phi) is 4.66. The Morgan fingerprint density at radius 3 is 2.50 bits per heavy atom. The van der Waals surface area contributed by atoms with E-state index in [1.165, 1.54) is 10.3 Å². The summed E-state index contributed by atoms with van der Waals surface area (Å²) in [5.74, 6) is -0.0585. The fourth-order valence-corrected chi connectivity index (χ4v) is 3.71. The van der Waals surface area contributed by atoms with Crippen LogP contribution in [-0.2, 0) is 12.0 Å². The smallest absolute Gasteiger partial charge is 0.251 e. The van der Waals surface area contributed by atoms with Gasteiger partial charge in [0.25, 0.3) is 5.91 Å². The lowest BCUT2D eigenvalue weighted by atomic mass is 9.87. The zero-order chi connectivity index (χ0) is 17.3. The van der Waals surface area contributed by atoms with Crippen LogP contribution in [0.15, 0.2) is 47.8 Å². The van der Waals surface area contributed by atoms with Crippen LogP contribution in [0.1, 0.15) is 42.3 Å². The fraction of sp³-hybridized carbons (Fsp3) is 0.250. The summed E-state index contributed by atoms with van der Waals surface area (Å²) in [5.41, 5.74) is 3.08. The number of amides is 1. The molecule has 0 radical (unpaired) electrons. The fourth-order valence-electron chi connectivity index (χ4n) is 2.59. The number of rotatable bonds is 3. The third-order valence-corrected chi connectivity index (χ3v) is 5.32. The predicted molar refractivity (Wildman–Crippen MR) is 103 cm³/mol. The first-order chi connectivity index (χ1) is 11.3. The molecular formula is C20H20ClNOS. The molecule has 0 aliphatic carbocycles. The van der Waals surface area contributed by atoms with E-state index in [0.717, 1.165) is 10.9 Å². The molecule has 1 aromatic heterocycles. The van der Waals surface area contributed by atoms with E-state index < -0.39 is 0 Å². The van der Waals surface area contributed by atoms with Gasteiger partial charge in [0.05, 0.1) is 0 Å². The minimum absolute atomic E-state index is 0.0585. The van der Waals surface area contributed by atoms with E-state index in [1.54, 1.807) is 11.3 Å². The summed E-state index contributed by atoms with van der Waals surface area (Å²) >= 11 is 7.74. The van der Waals surface area contributed by atoms with E-state index in [1.807, 2.05) is 42.5 Å². The summed E-state index contributed by atoms with van der Waals surface area (Å²) in [6.45, 7) is 6.98. The molecule has 2 nitrogen and oxygen atoms in total. The molecule has 0 unspecified atom stereocenters. The molecule has 1 amide bonds. The standard InChI is InChI=1S/C20H20ClNOS/c1-20(2,3)15-6-4-13(5-7-15)19(23)22-11-14-12-24-18-9-8-16(21)10-17(14)18/h4-10,12H,11H2,1-3H3,(H,22,23). The van der Waals surface area contributed by atoms with Crippen molar-refractivity contribution in [2.45, 2.75) is 32.7 Å². The number of halogens is 1. The first kappa shape index (κ1) is 17.0. The van der Waals surface area contributed by atoms with Gasteiger partial charge in [0, 0.05) is 21.8 Å². The van der Waals surface area contributed by atoms with Crippen molar-refractivity contribution in [3.63, 3.8) is 0 Å². The topological polar surface area (TPSA) is 29.1 Å². The van der Waals surface area contributed by atoms with Gasteiger partial charge < -0.3 is 5.32 Å². The van der Waals surface area contributed by atoms with Gasteiger partial charge >= 0.3 is 0 Å². The molecule has 0 spiro atoms. The van der Waals surface area contributed by atoms with Crippen molar-refractivity contribution in [3.05, 3.63) is 69.6 Å². The molecule has 3 rings (SSSR count). The molecule has 124 valence electrons. The van der Waals surface area contributed by atoms with E-state index in [2.05, 4.69) is 31.5 Å². The van der Waals surface area contributed by atoms with Gasteiger partial charge in [-0.15, -0.1) is 11.3 Å². The van der Waals surface area contributed by atoms with Gasteiger partial charge in [-0.3, -0.25) is 4.79 Å². The van der Waals surface area contributed by atoms with Crippen molar-refractivity contribution in [1.29, 1.82) is 0 Å². The maximum Gasteiger partial charge on any atom is 0.251 e. The van der Waals surface area contributed by atoms with E-state index >= 15 is 0 Å². The molecule has 2 aromatic carbocycles. The normalized spacial score (nSPS) is 11.7. The summed E-state index contributed by atoms with van der Waals surface area (Å²) < 4.78 is 1.18. The van der Waals surface area contributed by atoms with Gasteiger partial charge in [-0.25, -0.2) is 0 Å². The highest BCUT2D eigenvalue weighted by atomic mass is 35.5. The monoisotopic (exact) mass is 357 g/mol. The zero-order valence-corrected chi connectivity index (χ0v) is 15.6. The molecule has 0 saturated heterocycles. The van der Waals surface area contributed by atoms with E-state index in [0.29, 0.717) is 17.1 Å². The van der Waals surface area contributed by atoms with Crippen LogP contribution < -0.4 is 5.32 Å². The van der Waals surface area contributed by atoms with Crippen molar-refractivity contribution < 1.29 is 4.79 Å². The average molecular weight is 358 g/mol. The lowest BCUT2D eigenvalue weighted by molar-refractivity contribution is 0.0951. The van der Waals surface area contributed by atoms with E-state index in [9.17, 15) is 4.79 Å². The lowest BCUT2D eigenvalue weighted by Gasteiger charge is -2.19. The maximum atomic E-state index is 12.4. The molecule has 0 bridgehead atoms. The Morgan fingerprint density at radius 2 is 1.83 bits per heavy atom. The SMILES string of the molecule is CC(C)(C)c1ccc(C(=O)NCc2csc3ccc(Cl)cc23)cc1. The summed E-state index contributed by atoms with van der Waals surface area (Å²) in [7, 11) is 0. The summed E-state index contributed by atoms with van der Waals surface area (Å²) in [6.07, 6.45) is 0. The third-order valence-electron chi connectivity index (χ3n) is 4.07. The number of carbonyl (C=O) groups is 1. The van der Waals surface area contributed by atoms with Crippen LogP contribution in [-0.4, -0.2) is 5.91 Å². The van der Waals surface area contributed by atoms with Gasteiger partial charge in [-0.05, 0) is 57.6 Å². The molecule has 0 aliphatic rings. The van der Waals surface area contributed by atoms with E-state index in [4.69, 9.17) is 11.6 Å². The second-order valence-electron chi connectivity index (χ2n) is 6.91. The second kappa shape index (κ2) is 6.58. The highest BCUT2D eigenvalue weighted by Gasteiger charge is 2.14. The lowest BCUT2D eigenvalue weighted by Crippen LogP contribution is -2.22. The molecule has 1 heterocycles. The van der Waals surface area contributed by atoms with Gasteiger partial charge in [0.15, 0.2) is 0 Å². The maximum absolute atomic E-state index is 12.4. The summed E-state index contributed by atoms with van der Waals surface area (Å²) in [4.78, 5) is 12.4. The molecule has 0 atom stereocenters. The minimum Gasteiger partial charge on any atom is -0.348 e. The van der Waals surface area contributed by atoms with Crippen LogP contribution in [0.2, 0.25) is 5.02 Å². The van der Waals surface area contributed by atoms with Crippen LogP contribution in [0.5, 0.6) is 0 Å². The van der Waals surface area contributed by atoms with Crippen molar-refractivity contribution in [3.8, 4) is 0 Å². The van der Waals surface area contributed by atoms with Crippen LogP contribution in [0.3, 0.4) is 0 Å². The molecule has 0 saturated carbocycles. The summed E-state index contributed by atoms with van der Waals surface area (Å²) in [6, 6.07) is 13.7. The van der Waals surface area contributed by atoms with Crippen molar-refractivity contribution in [2.24, 2.45) is 0 Å². The number of benzene rings is 2. The Balaban J connectivity index is 1.72.